The van der Waals surface area contributed by atoms with Gasteiger partial charge in [0.05, 0.1) is 4.99 Å². The molecular formula is C14H24N2S. The van der Waals surface area contributed by atoms with Crippen molar-refractivity contribution in [2.24, 2.45) is 16.6 Å². The van der Waals surface area contributed by atoms with Crippen molar-refractivity contribution in [3.8, 4) is 0 Å². The average molecular weight is 252 g/mol. The van der Waals surface area contributed by atoms with Crippen LogP contribution in [-0.4, -0.2) is 29.5 Å². The minimum atomic E-state index is 0.482. The number of nitrogens with zero attached hydrogens (tertiary/aromatic N) is 1. The van der Waals surface area contributed by atoms with Crippen molar-refractivity contribution in [3.05, 3.63) is 0 Å². The molecule has 2 saturated carbocycles. The number of hydrogen-bond acceptors (Lipinski definition) is 2. The first-order valence-electron chi connectivity index (χ1n) is 7.12. The smallest absolute Gasteiger partial charge is 0.0733 e. The molecule has 0 amide bonds. The Hall–Kier alpha value is -0.150. The summed E-state index contributed by atoms with van der Waals surface area (Å²) in [6.45, 7) is 3.93. The van der Waals surface area contributed by atoms with Crippen LogP contribution in [0.25, 0.3) is 0 Å². The first-order chi connectivity index (χ1) is 8.12. The molecule has 1 aliphatic heterocycles. The van der Waals surface area contributed by atoms with Crippen LogP contribution >= 0.6 is 12.2 Å². The molecule has 96 valence electrons. The minimum absolute atomic E-state index is 0.482. The lowest BCUT2D eigenvalue weighted by Crippen LogP contribution is -2.32. The molecule has 0 radical (unpaired) electrons. The van der Waals surface area contributed by atoms with Gasteiger partial charge in [-0.3, -0.25) is 0 Å². The van der Waals surface area contributed by atoms with E-state index in [1.165, 1.54) is 64.6 Å². The molecule has 3 heteroatoms. The fraction of sp³-hybridized carbons (Fsp3) is 0.929. The molecule has 0 aromatic carbocycles. The van der Waals surface area contributed by atoms with E-state index in [1.807, 2.05) is 0 Å². The Kier molecular flexibility index (Phi) is 2.94. The molecule has 0 aromatic heterocycles. The standard InChI is InChI=1S/C14H24N2S/c15-12(17)9-14(5-6-14)11-16-8-7-13(10-16)3-1-2-4-13/h1-11H2,(H2,15,17). The Labute approximate surface area is 110 Å². The van der Waals surface area contributed by atoms with Crippen LogP contribution in [0, 0.1) is 10.8 Å². The molecule has 1 saturated heterocycles. The second-order valence-corrected chi connectivity index (χ2v) is 7.34. The van der Waals surface area contributed by atoms with Gasteiger partial charge in [-0.05, 0) is 49.5 Å². The van der Waals surface area contributed by atoms with E-state index in [-0.39, 0.29) is 0 Å². The van der Waals surface area contributed by atoms with E-state index in [4.69, 9.17) is 18.0 Å². The lowest BCUT2D eigenvalue weighted by molar-refractivity contribution is 0.225. The van der Waals surface area contributed by atoms with Gasteiger partial charge in [-0.2, -0.15) is 0 Å². The Bertz CT molecular complexity index is 316. The minimum Gasteiger partial charge on any atom is -0.393 e. The third-order valence-electron chi connectivity index (χ3n) is 5.25. The SMILES string of the molecule is NC(=S)CC1(CN2CCC3(CCCC3)C2)CC1. The van der Waals surface area contributed by atoms with Crippen molar-refractivity contribution in [2.75, 3.05) is 19.6 Å². The molecule has 1 heterocycles. The second kappa shape index (κ2) is 4.20. The number of hydrogen-bond donors (Lipinski definition) is 1. The van der Waals surface area contributed by atoms with E-state index >= 15 is 0 Å². The van der Waals surface area contributed by atoms with E-state index in [1.54, 1.807) is 0 Å². The van der Waals surface area contributed by atoms with Gasteiger partial charge < -0.3 is 10.6 Å². The maximum absolute atomic E-state index is 5.72. The van der Waals surface area contributed by atoms with Crippen molar-refractivity contribution in [1.29, 1.82) is 0 Å². The monoisotopic (exact) mass is 252 g/mol. The van der Waals surface area contributed by atoms with Crippen molar-refractivity contribution in [2.45, 2.75) is 51.4 Å². The van der Waals surface area contributed by atoms with Crippen LogP contribution in [0.3, 0.4) is 0 Å². The second-order valence-electron chi connectivity index (χ2n) is 6.81. The number of thiocarbonyl (C=S) groups is 1. The fourth-order valence-corrected chi connectivity index (χ4v) is 4.41. The number of likely N-dealkylation sites (tertiary alicyclic amines) is 1. The van der Waals surface area contributed by atoms with Gasteiger partial charge in [0.25, 0.3) is 0 Å². The highest BCUT2D eigenvalue weighted by atomic mass is 32.1. The van der Waals surface area contributed by atoms with Gasteiger partial charge in [0.1, 0.15) is 0 Å². The molecule has 3 aliphatic rings. The van der Waals surface area contributed by atoms with Gasteiger partial charge in [0.15, 0.2) is 0 Å². The Balaban J connectivity index is 1.55. The maximum atomic E-state index is 5.72. The van der Waals surface area contributed by atoms with Gasteiger partial charge in [-0.15, -0.1) is 0 Å². The quantitative estimate of drug-likeness (QED) is 0.780. The summed E-state index contributed by atoms with van der Waals surface area (Å²) in [5.41, 5.74) is 6.91. The molecule has 3 rings (SSSR count). The Morgan fingerprint density at radius 2 is 1.82 bits per heavy atom. The molecule has 0 unspecified atom stereocenters. The van der Waals surface area contributed by atoms with Crippen molar-refractivity contribution >= 4 is 17.2 Å². The molecule has 3 fully saturated rings. The topological polar surface area (TPSA) is 29.3 Å². The van der Waals surface area contributed by atoms with Gasteiger partial charge in [0, 0.05) is 19.5 Å². The number of nitrogens with two attached hydrogens (primary N) is 1. The van der Waals surface area contributed by atoms with Crippen LogP contribution in [-0.2, 0) is 0 Å². The summed E-state index contributed by atoms with van der Waals surface area (Å²) < 4.78 is 0. The molecule has 0 atom stereocenters. The average Bonchev–Trinajstić information content (AvgIpc) is 2.74. The maximum Gasteiger partial charge on any atom is 0.0733 e. The van der Waals surface area contributed by atoms with Gasteiger partial charge >= 0.3 is 0 Å². The Morgan fingerprint density at radius 1 is 1.12 bits per heavy atom. The highest BCUT2D eigenvalue weighted by molar-refractivity contribution is 7.80. The third kappa shape index (κ3) is 2.50. The lowest BCUT2D eigenvalue weighted by atomic mass is 9.86. The van der Waals surface area contributed by atoms with E-state index in [0.29, 0.717) is 10.8 Å². The highest BCUT2D eigenvalue weighted by Gasteiger charge is 2.47. The summed E-state index contributed by atoms with van der Waals surface area (Å²) in [4.78, 5) is 3.42. The van der Waals surface area contributed by atoms with Crippen LogP contribution in [0.5, 0.6) is 0 Å². The first kappa shape index (κ1) is 11.9. The van der Waals surface area contributed by atoms with Crippen molar-refractivity contribution < 1.29 is 0 Å². The predicted octanol–water partition coefficient (Wildman–Crippen LogP) is 2.71. The van der Waals surface area contributed by atoms with Crippen LogP contribution in [0.1, 0.15) is 51.4 Å². The highest BCUT2D eigenvalue weighted by Crippen LogP contribution is 2.52. The molecule has 2 nitrogen and oxygen atoms in total. The number of rotatable bonds is 4. The summed E-state index contributed by atoms with van der Waals surface area (Å²) in [7, 11) is 0. The zero-order chi connectivity index (χ0) is 11.9. The fourth-order valence-electron chi connectivity index (χ4n) is 4.11. The van der Waals surface area contributed by atoms with Crippen molar-refractivity contribution in [1.82, 2.24) is 4.90 Å². The van der Waals surface area contributed by atoms with E-state index < -0.39 is 0 Å². The Morgan fingerprint density at radius 3 is 2.41 bits per heavy atom. The predicted molar refractivity (Wildman–Crippen MR) is 75.0 cm³/mol. The zero-order valence-electron chi connectivity index (χ0n) is 10.7. The van der Waals surface area contributed by atoms with Crippen LogP contribution in [0.4, 0.5) is 0 Å². The van der Waals surface area contributed by atoms with Crippen molar-refractivity contribution in [3.63, 3.8) is 0 Å². The lowest BCUT2D eigenvalue weighted by Gasteiger charge is -2.26. The molecule has 2 N–H and O–H groups in total. The van der Waals surface area contributed by atoms with E-state index in [0.717, 1.165) is 11.4 Å². The molecule has 1 spiro atoms. The summed E-state index contributed by atoms with van der Waals surface area (Å²) in [5, 5.41) is 0. The molecule has 2 aliphatic carbocycles. The van der Waals surface area contributed by atoms with Gasteiger partial charge in [-0.25, -0.2) is 0 Å². The largest absolute Gasteiger partial charge is 0.393 e. The third-order valence-corrected chi connectivity index (χ3v) is 5.39. The van der Waals surface area contributed by atoms with Crippen LogP contribution in [0.15, 0.2) is 0 Å². The van der Waals surface area contributed by atoms with Gasteiger partial charge in [0.2, 0.25) is 0 Å². The first-order valence-corrected chi connectivity index (χ1v) is 7.53. The van der Waals surface area contributed by atoms with Crippen LogP contribution in [0.2, 0.25) is 0 Å². The van der Waals surface area contributed by atoms with E-state index in [2.05, 4.69) is 4.90 Å². The normalized spacial score (nSPS) is 29.9. The zero-order valence-corrected chi connectivity index (χ0v) is 11.5. The van der Waals surface area contributed by atoms with Crippen LogP contribution < -0.4 is 5.73 Å². The molecule has 17 heavy (non-hydrogen) atoms. The van der Waals surface area contributed by atoms with E-state index in [9.17, 15) is 0 Å². The summed E-state index contributed by atoms with van der Waals surface area (Å²) in [6.07, 6.45) is 11.0. The van der Waals surface area contributed by atoms with Gasteiger partial charge in [-0.1, -0.05) is 25.1 Å². The summed E-state index contributed by atoms with van der Waals surface area (Å²) >= 11 is 5.08. The molecule has 0 aromatic rings. The summed E-state index contributed by atoms with van der Waals surface area (Å²) in [6, 6.07) is 0. The molecular weight excluding hydrogens is 228 g/mol. The molecule has 0 bridgehead atoms. The summed E-state index contributed by atoms with van der Waals surface area (Å²) in [5.74, 6) is 0.